The van der Waals surface area contributed by atoms with E-state index in [2.05, 4.69) is 39.0 Å². The van der Waals surface area contributed by atoms with Crippen LogP contribution in [0.2, 0.25) is 0 Å². The van der Waals surface area contributed by atoms with Crippen molar-refractivity contribution in [2.45, 2.75) is 19.5 Å². The fourth-order valence-electron chi connectivity index (χ4n) is 2.28. The molecule has 0 bridgehead atoms. The highest BCUT2D eigenvalue weighted by Gasteiger charge is 2.16. The van der Waals surface area contributed by atoms with Crippen LogP contribution in [0.5, 0.6) is 0 Å². The first-order valence-electron chi connectivity index (χ1n) is 6.24. The summed E-state index contributed by atoms with van der Waals surface area (Å²) in [5.41, 5.74) is 1.25. The molecule has 18 heavy (non-hydrogen) atoms. The minimum Gasteiger partial charge on any atom is -0.312 e. The van der Waals surface area contributed by atoms with E-state index < -0.39 is 0 Å². The Bertz CT molecular complexity index is 492. The van der Waals surface area contributed by atoms with Gasteiger partial charge in [-0.3, -0.25) is 4.90 Å². The predicted molar refractivity (Wildman–Crippen MR) is 78.2 cm³/mol. The summed E-state index contributed by atoms with van der Waals surface area (Å²) in [4.78, 5) is 8.40. The lowest BCUT2D eigenvalue weighted by molar-refractivity contribution is 0.201. The second-order valence-corrected chi connectivity index (χ2v) is 6.63. The van der Waals surface area contributed by atoms with Crippen molar-refractivity contribution in [2.75, 3.05) is 19.6 Å². The molecule has 0 aromatic carbocycles. The number of aromatic nitrogens is 1. The molecule has 0 spiro atoms. The molecule has 0 radical (unpaired) electrons. The molecule has 1 aliphatic heterocycles. The lowest BCUT2D eigenvalue weighted by Crippen LogP contribution is -2.48. The molecule has 0 aliphatic carbocycles. The summed E-state index contributed by atoms with van der Waals surface area (Å²) in [6.07, 6.45) is 2.03. The smallest absolute Gasteiger partial charge is 0.124 e. The van der Waals surface area contributed by atoms with Crippen molar-refractivity contribution in [1.82, 2.24) is 15.2 Å². The molecule has 5 heteroatoms. The summed E-state index contributed by atoms with van der Waals surface area (Å²) >= 11 is 3.55. The monoisotopic (exact) mass is 279 g/mol. The molecule has 3 heterocycles. The van der Waals surface area contributed by atoms with Crippen molar-refractivity contribution >= 4 is 22.7 Å². The lowest BCUT2D eigenvalue weighted by Gasteiger charge is -2.31. The highest BCUT2D eigenvalue weighted by atomic mass is 32.1. The number of piperazine rings is 1. The van der Waals surface area contributed by atoms with E-state index in [1.165, 1.54) is 10.4 Å². The number of rotatable bonds is 3. The second kappa shape index (κ2) is 5.48. The van der Waals surface area contributed by atoms with E-state index in [1.54, 1.807) is 11.3 Å². The fourth-order valence-corrected chi connectivity index (χ4v) is 3.94. The van der Waals surface area contributed by atoms with Crippen LogP contribution in [-0.4, -0.2) is 35.6 Å². The van der Waals surface area contributed by atoms with Crippen molar-refractivity contribution in [1.29, 1.82) is 0 Å². The van der Waals surface area contributed by atoms with Gasteiger partial charge < -0.3 is 5.32 Å². The first kappa shape index (κ1) is 12.3. The second-order valence-electron chi connectivity index (χ2n) is 4.73. The Morgan fingerprint density at radius 3 is 3.28 bits per heavy atom. The topological polar surface area (TPSA) is 28.2 Å². The minimum atomic E-state index is 0.600. The van der Waals surface area contributed by atoms with E-state index in [-0.39, 0.29) is 0 Å². The average molecular weight is 279 g/mol. The summed E-state index contributed by atoms with van der Waals surface area (Å²) in [7, 11) is 0. The molecule has 1 atom stereocenters. The molecule has 1 fully saturated rings. The largest absolute Gasteiger partial charge is 0.312 e. The van der Waals surface area contributed by atoms with Crippen LogP contribution >= 0.6 is 22.7 Å². The number of thiazole rings is 1. The van der Waals surface area contributed by atoms with Crippen molar-refractivity contribution in [3.8, 4) is 10.6 Å². The summed E-state index contributed by atoms with van der Waals surface area (Å²) in [6, 6.07) is 2.74. The quantitative estimate of drug-likeness (QED) is 0.936. The number of nitrogens with one attached hydrogen (secondary N) is 1. The van der Waals surface area contributed by atoms with Gasteiger partial charge in [0.2, 0.25) is 0 Å². The van der Waals surface area contributed by atoms with Gasteiger partial charge in [0.05, 0.1) is 0 Å². The highest BCUT2D eigenvalue weighted by Crippen LogP contribution is 2.27. The molecule has 3 nitrogen and oxygen atoms in total. The molecule has 2 aromatic heterocycles. The molecule has 96 valence electrons. The zero-order valence-corrected chi connectivity index (χ0v) is 12.1. The third kappa shape index (κ3) is 2.80. The van der Waals surface area contributed by atoms with Crippen LogP contribution in [0.25, 0.3) is 10.6 Å². The Balaban J connectivity index is 1.66. The summed E-state index contributed by atoms with van der Waals surface area (Å²) in [5, 5.41) is 8.89. The van der Waals surface area contributed by atoms with E-state index in [0.717, 1.165) is 31.2 Å². The molecule has 0 amide bonds. The van der Waals surface area contributed by atoms with Crippen LogP contribution in [0.1, 0.15) is 11.8 Å². The van der Waals surface area contributed by atoms with E-state index in [1.807, 2.05) is 17.5 Å². The van der Waals surface area contributed by atoms with E-state index in [4.69, 9.17) is 0 Å². The fraction of sp³-hybridized carbons (Fsp3) is 0.462. The zero-order valence-electron chi connectivity index (χ0n) is 10.4. The van der Waals surface area contributed by atoms with Crippen molar-refractivity contribution in [3.63, 3.8) is 0 Å². The lowest BCUT2D eigenvalue weighted by atomic mass is 10.2. The molecule has 0 saturated carbocycles. The maximum Gasteiger partial charge on any atom is 0.124 e. The Labute approximate surface area is 115 Å². The molecular formula is C13H17N3S2. The first-order valence-corrected chi connectivity index (χ1v) is 8.00. The van der Waals surface area contributed by atoms with Gasteiger partial charge in [0.1, 0.15) is 5.01 Å². The van der Waals surface area contributed by atoms with Crippen LogP contribution in [0.15, 0.2) is 23.0 Å². The highest BCUT2D eigenvalue weighted by molar-refractivity contribution is 7.15. The standard InChI is InChI=1S/C13H17N3S2/c1-10-7-16(4-3-14-10)8-12-6-15-13(18-12)11-2-5-17-9-11/h2,5-6,9-10,14H,3-4,7-8H2,1H3/t10-/m1/s1. The first-order chi connectivity index (χ1) is 8.81. The summed E-state index contributed by atoms with van der Waals surface area (Å²) < 4.78 is 0. The maximum absolute atomic E-state index is 4.53. The molecule has 1 saturated heterocycles. The minimum absolute atomic E-state index is 0.600. The summed E-state index contributed by atoms with van der Waals surface area (Å²) in [6.45, 7) is 6.64. The van der Waals surface area contributed by atoms with Crippen LogP contribution in [0.3, 0.4) is 0 Å². The molecule has 1 N–H and O–H groups in total. The van der Waals surface area contributed by atoms with Crippen LogP contribution < -0.4 is 5.32 Å². The Morgan fingerprint density at radius 2 is 2.50 bits per heavy atom. The van der Waals surface area contributed by atoms with Gasteiger partial charge in [-0.2, -0.15) is 11.3 Å². The normalized spacial score (nSPS) is 21.3. The number of hydrogen-bond acceptors (Lipinski definition) is 5. The Kier molecular flexibility index (Phi) is 3.75. The molecule has 2 aromatic rings. The molecule has 1 aliphatic rings. The average Bonchev–Trinajstić information content (AvgIpc) is 2.98. The van der Waals surface area contributed by atoms with Gasteiger partial charge in [-0.05, 0) is 18.4 Å². The zero-order chi connectivity index (χ0) is 12.4. The Morgan fingerprint density at radius 1 is 1.56 bits per heavy atom. The van der Waals surface area contributed by atoms with E-state index in [0.29, 0.717) is 6.04 Å². The van der Waals surface area contributed by atoms with Crippen molar-refractivity contribution in [2.24, 2.45) is 0 Å². The SMILES string of the molecule is C[C@@H]1CN(Cc2cnc(-c3ccsc3)s2)CCN1. The number of nitrogens with zero attached hydrogens (tertiary/aromatic N) is 2. The van der Waals surface area contributed by atoms with Gasteiger partial charge in [-0.15, -0.1) is 11.3 Å². The van der Waals surface area contributed by atoms with Crippen LogP contribution in [0, 0.1) is 0 Å². The molecule has 0 unspecified atom stereocenters. The van der Waals surface area contributed by atoms with Gasteiger partial charge in [-0.25, -0.2) is 4.98 Å². The molecule has 3 rings (SSSR count). The third-order valence-electron chi connectivity index (χ3n) is 3.15. The summed E-state index contributed by atoms with van der Waals surface area (Å²) in [5.74, 6) is 0. The molecular weight excluding hydrogens is 262 g/mol. The van der Waals surface area contributed by atoms with Gasteiger partial charge in [-0.1, -0.05) is 0 Å². The maximum atomic E-state index is 4.53. The predicted octanol–water partition coefficient (Wildman–Crippen LogP) is 2.67. The van der Waals surface area contributed by atoms with Gasteiger partial charge in [0.15, 0.2) is 0 Å². The van der Waals surface area contributed by atoms with Crippen molar-refractivity contribution in [3.05, 3.63) is 27.9 Å². The van der Waals surface area contributed by atoms with Gasteiger partial charge in [0, 0.05) is 54.2 Å². The van der Waals surface area contributed by atoms with Crippen molar-refractivity contribution < 1.29 is 0 Å². The third-order valence-corrected chi connectivity index (χ3v) is 4.87. The Hall–Kier alpha value is -0.750. The van der Waals surface area contributed by atoms with Crippen LogP contribution in [0.4, 0.5) is 0 Å². The van der Waals surface area contributed by atoms with Gasteiger partial charge >= 0.3 is 0 Å². The van der Waals surface area contributed by atoms with E-state index >= 15 is 0 Å². The van der Waals surface area contributed by atoms with E-state index in [9.17, 15) is 0 Å². The number of hydrogen-bond donors (Lipinski definition) is 1. The van der Waals surface area contributed by atoms with Crippen LogP contribution in [-0.2, 0) is 6.54 Å². The number of thiophene rings is 1. The van der Waals surface area contributed by atoms with Gasteiger partial charge in [0.25, 0.3) is 0 Å².